The van der Waals surface area contributed by atoms with Crippen molar-refractivity contribution in [3.05, 3.63) is 55.4 Å². The molecule has 0 saturated carbocycles. The Morgan fingerprint density at radius 1 is 0.850 bits per heavy atom. The highest BCUT2D eigenvalue weighted by Gasteiger charge is 2.38. The van der Waals surface area contributed by atoms with Crippen LogP contribution >= 0.6 is 0 Å². The average molecular weight is 272 g/mol. The molecule has 0 fully saturated rings. The van der Waals surface area contributed by atoms with Crippen LogP contribution in [-0.2, 0) is 10.5 Å². The lowest BCUT2D eigenvalue weighted by atomic mass is 10.3. The summed E-state index contributed by atoms with van der Waals surface area (Å²) in [5, 5.41) is 13.1. The van der Waals surface area contributed by atoms with E-state index in [-0.39, 0.29) is 0 Å². The predicted molar refractivity (Wildman–Crippen MR) is 71.9 cm³/mol. The van der Waals surface area contributed by atoms with E-state index in [2.05, 4.69) is 15.3 Å². The second kappa shape index (κ2) is 5.30. The Morgan fingerprint density at radius 3 is 1.60 bits per heavy atom. The predicted octanol–water partition coefficient (Wildman–Crippen LogP) is 1.02. The van der Waals surface area contributed by atoms with Crippen LogP contribution in [-0.4, -0.2) is 42.6 Å². The Bertz CT molecular complexity index is 530. The highest BCUT2D eigenvalue weighted by Crippen LogP contribution is 2.20. The minimum atomic E-state index is -0.785. The summed E-state index contributed by atoms with van der Waals surface area (Å²) < 4.78 is 11.1. The summed E-state index contributed by atoms with van der Waals surface area (Å²) in [6, 6.07) is 5.61. The Balaban J connectivity index is 2.18. The fourth-order valence-electron chi connectivity index (χ4n) is 2.19. The molecule has 0 aliphatic rings. The molecule has 0 aliphatic carbocycles. The smallest absolute Gasteiger partial charge is 0.273 e. The van der Waals surface area contributed by atoms with Gasteiger partial charge in [-0.1, -0.05) is 0 Å². The van der Waals surface area contributed by atoms with Crippen LogP contribution < -0.4 is 0 Å². The van der Waals surface area contributed by atoms with E-state index in [0.717, 1.165) is 0 Å². The van der Waals surface area contributed by atoms with Crippen LogP contribution in [0.3, 0.4) is 0 Å². The van der Waals surface area contributed by atoms with Gasteiger partial charge in [0.2, 0.25) is 0 Å². The lowest BCUT2D eigenvalue weighted by molar-refractivity contribution is -0.00586. The van der Waals surface area contributed by atoms with Crippen molar-refractivity contribution in [1.82, 2.24) is 29.3 Å². The topological polar surface area (TPSA) is 62.7 Å². The van der Waals surface area contributed by atoms with Gasteiger partial charge >= 0.3 is 0 Å². The third-order valence-corrected chi connectivity index (χ3v) is 3.11. The molecule has 0 radical (unpaired) electrons. The molecule has 0 aliphatic heterocycles. The van der Waals surface area contributed by atoms with Crippen molar-refractivity contribution in [1.29, 1.82) is 0 Å². The average Bonchev–Trinajstić information content (AvgIpc) is 3.23. The minimum Gasteiger partial charge on any atom is -0.375 e. The third kappa shape index (κ3) is 1.92. The first-order valence-electron chi connectivity index (χ1n) is 6.46. The number of rotatable bonds is 6. The molecule has 0 spiro atoms. The van der Waals surface area contributed by atoms with Crippen LogP contribution in [0.25, 0.3) is 0 Å². The number of hydrogen-bond donors (Lipinski definition) is 0. The summed E-state index contributed by atoms with van der Waals surface area (Å²) in [5.41, 5.74) is 0. The molecule has 7 heteroatoms. The van der Waals surface area contributed by atoms with Gasteiger partial charge in [-0.05, 0) is 25.1 Å². The van der Waals surface area contributed by atoms with Crippen LogP contribution in [0.1, 0.15) is 6.92 Å². The minimum absolute atomic E-state index is 0.370. The Hall–Kier alpha value is -2.41. The zero-order valence-electron chi connectivity index (χ0n) is 11.2. The molecule has 0 amide bonds. The Labute approximate surface area is 116 Å². The number of hydrogen-bond acceptors (Lipinski definition) is 4. The van der Waals surface area contributed by atoms with E-state index in [1.54, 1.807) is 32.6 Å². The van der Waals surface area contributed by atoms with E-state index in [0.29, 0.717) is 13.2 Å². The van der Waals surface area contributed by atoms with Crippen LogP contribution in [0.2, 0.25) is 0 Å². The molecule has 20 heavy (non-hydrogen) atoms. The molecule has 3 heterocycles. The van der Waals surface area contributed by atoms with E-state index in [9.17, 15) is 0 Å². The summed E-state index contributed by atoms with van der Waals surface area (Å²) in [7, 11) is 0. The van der Waals surface area contributed by atoms with Crippen molar-refractivity contribution >= 4 is 0 Å². The fourth-order valence-corrected chi connectivity index (χ4v) is 2.19. The highest BCUT2D eigenvalue weighted by atomic mass is 16.5. The SMILES string of the molecule is CCOCC(n1cccn1)(n1cccn1)n1cccn1. The molecular formula is C13H16N6O. The quantitative estimate of drug-likeness (QED) is 0.672. The van der Waals surface area contributed by atoms with Crippen molar-refractivity contribution in [3.63, 3.8) is 0 Å². The molecular weight excluding hydrogens is 256 g/mol. The number of nitrogens with zero attached hydrogens (tertiary/aromatic N) is 6. The maximum absolute atomic E-state index is 5.69. The van der Waals surface area contributed by atoms with Gasteiger partial charge in [-0.2, -0.15) is 15.3 Å². The molecule has 3 rings (SSSR count). The van der Waals surface area contributed by atoms with E-state index in [4.69, 9.17) is 4.74 Å². The lowest BCUT2D eigenvalue weighted by Crippen LogP contribution is -2.52. The van der Waals surface area contributed by atoms with Gasteiger partial charge in [0.05, 0.1) is 0 Å². The van der Waals surface area contributed by atoms with Gasteiger partial charge in [-0.15, -0.1) is 0 Å². The monoisotopic (exact) mass is 272 g/mol. The molecule has 0 atom stereocenters. The van der Waals surface area contributed by atoms with Gasteiger partial charge in [0.1, 0.15) is 6.61 Å². The zero-order valence-corrected chi connectivity index (χ0v) is 11.2. The first kappa shape index (κ1) is 12.6. The summed E-state index contributed by atoms with van der Waals surface area (Å²) in [5.74, 6) is -0.785. The largest absolute Gasteiger partial charge is 0.375 e. The molecule has 3 aromatic heterocycles. The van der Waals surface area contributed by atoms with Gasteiger partial charge in [-0.25, -0.2) is 14.0 Å². The second-order valence-corrected chi connectivity index (χ2v) is 4.26. The normalized spacial score (nSPS) is 11.8. The molecule has 104 valence electrons. The van der Waals surface area contributed by atoms with Crippen molar-refractivity contribution in [3.8, 4) is 0 Å². The van der Waals surface area contributed by atoms with E-state index in [1.807, 2.05) is 43.7 Å². The maximum Gasteiger partial charge on any atom is 0.273 e. The van der Waals surface area contributed by atoms with Gasteiger partial charge < -0.3 is 4.74 Å². The zero-order chi connectivity index (χ0) is 13.8. The van der Waals surface area contributed by atoms with Crippen LogP contribution in [0.15, 0.2) is 55.4 Å². The lowest BCUT2D eigenvalue weighted by Gasteiger charge is -2.34. The summed E-state index contributed by atoms with van der Waals surface area (Å²) in [4.78, 5) is 0. The van der Waals surface area contributed by atoms with Crippen molar-refractivity contribution in [2.45, 2.75) is 12.7 Å². The number of ether oxygens (including phenoxy) is 1. The fraction of sp³-hybridized carbons (Fsp3) is 0.308. The Morgan fingerprint density at radius 2 is 1.30 bits per heavy atom. The molecule has 0 bridgehead atoms. The van der Waals surface area contributed by atoms with Gasteiger partial charge in [-0.3, -0.25) is 0 Å². The molecule has 0 unspecified atom stereocenters. The summed E-state index contributed by atoms with van der Waals surface area (Å²) in [6.45, 7) is 2.93. The molecule has 7 nitrogen and oxygen atoms in total. The number of aromatic nitrogens is 6. The Kier molecular flexibility index (Phi) is 3.34. The highest BCUT2D eigenvalue weighted by molar-refractivity contribution is 4.97. The molecule has 0 N–H and O–H groups in total. The van der Waals surface area contributed by atoms with Crippen LogP contribution in [0, 0.1) is 0 Å². The molecule has 3 aromatic rings. The standard InChI is InChI=1S/C13H16N6O/c1-2-20-12-13(17-9-3-6-14-17,18-10-4-7-15-18)19-11-5-8-16-19/h3-11H,2,12H2,1H3. The first-order valence-corrected chi connectivity index (χ1v) is 6.46. The van der Waals surface area contributed by atoms with Crippen molar-refractivity contribution in [2.75, 3.05) is 13.2 Å². The van der Waals surface area contributed by atoms with Gasteiger partial charge in [0.15, 0.2) is 0 Å². The van der Waals surface area contributed by atoms with Gasteiger partial charge in [0.25, 0.3) is 5.79 Å². The van der Waals surface area contributed by atoms with Gasteiger partial charge in [0, 0.05) is 43.8 Å². The van der Waals surface area contributed by atoms with Crippen LogP contribution in [0.4, 0.5) is 0 Å². The third-order valence-electron chi connectivity index (χ3n) is 3.11. The van der Waals surface area contributed by atoms with Crippen LogP contribution in [0.5, 0.6) is 0 Å². The van der Waals surface area contributed by atoms with E-state index >= 15 is 0 Å². The van der Waals surface area contributed by atoms with E-state index in [1.165, 1.54) is 0 Å². The van der Waals surface area contributed by atoms with E-state index < -0.39 is 5.79 Å². The van der Waals surface area contributed by atoms with Crippen molar-refractivity contribution in [2.24, 2.45) is 0 Å². The van der Waals surface area contributed by atoms with Crippen molar-refractivity contribution < 1.29 is 4.74 Å². The summed E-state index contributed by atoms with van der Waals surface area (Å²) >= 11 is 0. The second-order valence-electron chi connectivity index (χ2n) is 4.26. The summed E-state index contributed by atoms with van der Waals surface area (Å²) in [6.07, 6.45) is 10.8. The molecule has 0 saturated heterocycles. The first-order chi connectivity index (χ1) is 9.88. The maximum atomic E-state index is 5.69. The molecule has 0 aromatic carbocycles.